The van der Waals surface area contributed by atoms with Gasteiger partial charge < -0.3 is 25.5 Å². The van der Waals surface area contributed by atoms with E-state index in [9.17, 15) is 4.79 Å². The van der Waals surface area contributed by atoms with Crippen molar-refractivity contribution in [2.75, 3.05) is 26.4 Å². The summed E-state index contributed by atoms with van der Waals surface area (Å²) in [5, 5.41) is 41.8. The highest BCUT2D eigenvalue weighted by Gasteiger charge is 2.29. The second-order valence-corrected chi connectivity index (χ2v) is 5.22. The summed E-state index contributed by atoms with van der Waals surface area (Å²) in [6, 6.07) is 0. The fourth-order valence-corrected chi connectivity index (χ4v) is 0.300. The van der Waals surface area contributed by atoms with Crippen LogP contribution in [0.2, 0.25) is 0 Å². The molecule has 0 atom stereocenters. The SMILES string of the molecule is O=C(O)C(Cl)(Cl)Cl.OCC(CO)(CO)CO. The standard InChI is InChI=1S/C5H12O4.C2HCl3O2/c6-1-5(2-7,3-8)4-9;3-2(4,5)1(6)7/h6-9H,1-4H2;(H,6,7). The first kappa shape index (κ1) is 18.5. The Morgan fingerprint density at radius 2 is 1.06 bits per heavy atom. The van der Waals surface area contributed by atoms with E-state index in [1.807, 2.05) is 0 Å². The van der Waals surface area contributed by atoms with Crippen LogP contribution in [0.1, 0.15) is 0 Å². The summed E-state index contributed by atoms with van der Waals surface area (Å²) in [6.45, 7) is -1.62. The summed E-state index contributed by atoms with van der Waals surface area (Å²) in [7, 11) is 0. The average molecular weight is 300 g/mol. The van der Waals surface area contributed by atoms with Crippen molar-refractivity contribution in [1.82, 2.24) is 0 Å². The molecule has 0 heterocycles. The normalized spacial score (nSPS) is 11.7. The van der Waals surface area contributed by atoms with Gasteiger partial charge in [-0.3, -0.25) is 0 Å². The Morgan fingerprint density at radius 3 is 1.06 bits per heavy atom. The minimum absolute atomic E-state index is 0.406. The highest BCUT2D eigenvalue weighted by atomic mass is 35.6. The van der Waals surface area contributed by atoms with E-state index >= 15 is 0 Å². The van der Waals surface area contributed by atoms with Crippen LogP contribution in [-0.4, -0.2) is 61.7 Å². The second-order valence-electron chi connectivity index (χ2n) is 2.94. The smallest absolute Gasteiger partial charge is 0.356 e. The molecule has 0 spiro atoms. The number of carbonyl (C=O) groups is 1. The van der Waals surface area contributed by atoms with Crippen LogP contribution in [0.3, 0.4) is 0 Å². The molecular formula is C7H13Cl3O6. The Hall–Kier alpha value is 0.180. The number of carboxylic acids is 1. The molecule has 0 aliphatic rings. The zero-order valence-electron chi connectivity index (χ0n) is 8.11. The lowest BCUT2D eigenvalue weighted by Gasteiger charge is -2.23. The van der Waals surface area contributed by atoms with Gasteiger partial charge in [-0.05, 0) is 0 Å². The number of hydrogen-bond acceptors (Lipinski definition) is 5. The summed E-state index contributed by atoms with van der Waals surface area (Å²) in [5.41, 5.74) is -1.11. The molecule has 16 heavy (non-hydrogen) atoms. The number of halogens is 3. The molecule has 0 aromatic carbocycles. The number of alkyl halides is 3. The predicted molar refractivity (Wildman–Crippen MR) is 58.7 cm³/mol. The van der Waals surface area contributed by atoms with Crippen molar-refractivity contribution < 1.29 is 30.3 Å². The van der Waals surface area contributed by atoms with Gasteiger partial charge in [-0.1, -0.05) is 34.8 Å². The van der Waals surface area contributed by atoms with Crippen molar-refractivity contribution >= 4 is 40.8 Å². The summed E-state index contributed by atoms with van der Waals surface area (Å²) in [4.78, 5) is 9.62. The lowest BCUT2D eigenvalue weighted by Crippen LogP contribution is -2.37. The molecule has 0 saturated carbocycles. The van der Waals surface area contributed by atoms with Crippen molar-refractivity contribution in [3.63, 3.8) is 0 Å². The van der Waals surface area contributed by atoms with Crippen LogP contribution in [0.25, 0.3) is 0 Å². The molecule has 0 radical (unpaired) electrons. The van der Waals surface area contributed by atoms with Gasteiger partial charge >= 0.3 is 5.97 Å². The monoisotopic (exact) mass is 298 g/mol. The second kappa shape index (κ2) is 8.30. The van der Waals surface area contributed by atoms with Crippen molar-refractivity contribution in [2.24, 2.45) is 5.41 Å². The van der Waals surface area contributed by atoms with Crippen LogP contribution in [0.5, 0.6) is 0 Å². The fourth-order valence-electron chi connectivity index (χ4n) is 0.300. The summed E-state index contributed by atoms with van der Waals surface area (Å²) in [5.74, 6) is -1.46. The van der Waals surface area contributed by atoms with Gasteiger partial charge in [0.25, 0.3) is 3.79 Å². The molecule has 0 unspecified atom stereocenters. The van der Waals surface area contributed by atoms with Crippen molar-refractivity contribution in [3.05, 3.63) is 0 Å². The molecule has 0 saturated heterocycles. The maximum Gasteiger partial charge on any atom is 0.356 e. The predicted octanol–water partition coefficient (Wildman–Crippen LogP) is -0.617. The van der Waals surface area contributed by atoms with Crippen molar-refractivity contribution in [1.29, 1.82) is 0 Å². The molecule has 5 N–H and O–H groups in total. The van der Waals surface area contributed by atoms with E-state index in [4.69, 9.17) is 60.3 Å². The minimum Gasteiger partial charge on any atom is -0.478 e. The fraction of sp³-hybridized carbons (Fsp3) is 0.857. The maximum atomic E-state index is 9.62. The number of aliphatic hydroxyl groups excluding tert-OH is 4. The van der Waals surface area contributed by atoms with E-state index in [2.05, 4.69) is 0 Å². The molecule has 0 bridgehead atoms. The topological polar surface area (TPSA) is 118 Å². The number of aliphatic carboxylic acids is 1. The molecule has 0 aliphatic carbocycles. The van der Waals surface area contributed by atoms with Crippen molar-refractivity contribution in [3.8, 4) is 0 Å². The van der Waals surface area contributed by atoms with E-state index < -0.39 is 41.6 Å². The Kier molecular flexibility index (Phi) is 9.62. The van der Waals surface area contributed by atoms with Gasteiger partial charge in [0.15, 0.2) is 0 Å². The van der Waals surface area contributed by atoms with Gasteiger partial charge in [0.2, 0.25) is 0 Å². The Labute approximate surface area is 107 Å². The van der Waals surface area contributed by atoms with Gasteiger partial charge in [-0.25, -0.2) is 4.79 Å². The first-order chi connectivity index (χ1) is 7.19. The van der Waals surface area contributed by atoms with Crippen LogP contribution in [-0.2, 0) is 4.79 Å². The van der Waals surface area contributed by atoms with E-state index in [0.717, 1.165) is 0 Å². The van der Waals surface area contributed by atoms with E-state index in [1.165, 1.54) is 0 Å². The number of hydrogen-bond donors (Lipinski definition) is 5. The molecule has 0 aromatic rings. The summed E-state index contributed by atoms with van der Waals surface area (Å²) < 4.78 is -2.17. The van der Waals surface area contributed by atoms with Gasteiger partial charge in [0.1, 0.15) is 0 Å². The third-order valence-corrected chi connectivity index (χ3v) is 2.07. The third-order valence-electron chi connectivity index (χ3n) is 1.58. The third kappa shape index (κ3) is 7.45. The maximum absolute atomic E-state index is 9.62. The molecular weight excluding hydrogens is 286 g/mol. The van der Waals surface area contributed by atoms with Gasteiger partial charge in [-0.2, -0.15) is 0 Å². The quantitative estimate of drug-likeness (QED) is 0.442. The Morgan fingerprint density at radius 1 is 0.875 bits per heavy atom. The number of carboxylic acid groups (broad SMARTS) is 1. The van der Waals surface area contributed by atoms with Gasteiger partial charge in [0, 0.05) is 0 Å². The highest BCUT2D eigenvalue weighted by Crippen LogP contribution is 2.25. The van der Waals surface area contributed by atoms with Crippen LogP contribution >= 0.6 is 34.8 Å². The van der Waals surface area contributed by atoms with Crippen molar-refractivity contribution in [2.45, 2.75) is 3.79 Å². The van der Waals surface area contributed by atoms with Crippen LogP contribution in [0.15, 0.2) is 0 Å². The molecule has 0 fully saturated rings. The molecule has 98 valence electrons. The summed E-state index contributed by atoms with van der Waals surface area (Å²) >= 11 is 14.4. The van der Waals surface area contributed by atoms with E-state index in [1.54, 1.807) is 0 Å². The molecule has 0 aliphatic heterocycles. The van der Waals surface area contributed by atoms with Crippen LogP contribution < -0.4 is 0 Å². The summed E-state index contributed by atoms with van der Waals surface area (Å²) in [6.07, 6.45) is 0. The first-order valence-corrected chi connectivity index (χ1v) is 5.06. The minimum atomic E-state index is -2.17. The lowest BCUT2D eigenvalue weighted by atomic mass is 9.93. The van der Waals surface area contributed by atoms with E-state index in [0.29, 0.717) is 0 Å². The van der Waals surface area contributed by atoms with Gasteiger partial charge in [-0.15, -0.1) is 0 Å². The Balaban J connectivity index is 0. The van der Waals surface area contributed by atoms with Gasteiger partial charge in [0.05, 0.1) is 31.8 Å². The zero-order valence-corrected chi connectivity index (χ0v) is 10.4. The highest BCUT2D eigenvalue weighted by molar-refractivity contribution is 6.75. The Bertz CT molecular complexity index is 183. The molecule has 0 rings (SSSR count). The average Bonchev–Trinajstić information content (AvgIpc) is 2.21. The zero-order chi connectivity index (χ0) is 13.4. The molecule has 9 heteroatoms. The molecule has 6 nitrogen and oxygen atoms in total. The first-order valence-electron chi connectivity index (χ1n) is 3.92. The number of rotatable bonds is 4. The van der Waals surface area contributed by atoms with Crippen LogP contribution in [0.4, 0.5) is 0 Å². The lowest BCUT2D eigenvalue weighted by molar-refractivity contribution is -0.135. The molecule has 0 aromatic heterocycles. The van der Waals surface area contributed by atoms with E-state index in [-0.39, 0.29) is 0 Å². The largest absolute Gasteiger partial charge is 0.478 e. The number of aliphatic hydroxyl groups is 4. The van der Waals surface area contributed by atoms with Crippen LogP contribution in [0, 0.1) is 5.41 Å². The molecule has 0 amide bonds.